The lowest BCUT2D eigenvalue weighted by Gasteiger charge is -2.45. The predicted molar refractivity (Wildman–Crippen MR) is 159 cm³/mol. The average molecular weight is 512 g/mol. The zero-order valence-corrected chi connectivity index (χ0v) is 22.2. The third-order valence-electron chi connectivity index (χ3n) is 8.41. The van der Waals surface area contributed by atoms with Crippen LogP contribution >= 0.6 is 11.3 Å². The van der Waals surface area contributed by atoms with Gasteiger partial charge in [-0.05, 0) is 59.8 Å². The first-order chi connectivity index (χ1) is 18.5. The molecule has 0 fully saturated rings. The van der Waals surface area contributed by atoms with E-state index < -0.39 is 5.72 Å². The summed E-state index contributed by atoms with van der Waals surface area (Å²) in [6.45, 7) is 4.55. The molecule has 1 spiro atoms. The summed E-state index contributed by atoms with van der Waals surface area (Å²) >= 11 is 1.70. The molecule has 38 heavy (non-hydrogen) atoms. The van der Waals surface area contributed by atoms with Crippen LogP contribution in [0, 0.1) is 0 Å². The summed E-state index contributed by atoms with van der Waals surface area (Å²) in [6.07, 6.45) is 2.03. The van der Waals surface area contributed by atoms with Gasteiger partial charge in [0.25, 0.3) is 0 Å². The van der Waals surface area contributed by atoms with Crippen LogP contribution in [-0.4, -0.2) is 24.0 Å². The number of anilines is 1. The van der Waals surface area contributed by atoms with Crippen molar-refractivity contribution in [2.24, 2.45) is 4.99 Å². The Morgan fingerprint density at radius 1 is 0.816 bits per heavy atom. The zero-order chi connectivity index (χ0) is 25.6. The number of para-hydroxylation sites is 1. The van der Waals surface area contributed by atoms with E-state index in [0.717, 1.165) is 43.0 Å². The van der Waals surface area contributed by atoms with Gasteiger partial charge < -0.3 is 9.64 Å². The second-order valence-electron chi connectivity index (χ2n) is 10.7. The second kappa shape index (κ2) is 7.42. The van der Waals surface area contributed by atoms with Crippen molar-refractivity contribution in [2.45, 2.75) is 25.0 Å². The first-order valence-electron chi connectivity index (χ1n) is 12.9. The standard InChI is InChI=1S/C33H25N3OS/c1-32(2)28-22-12-6-4-10-20(22)16-17-26(28)36(3)33(32)19-34-29-23-13-7-5-11-21(23)18-24(30(29)37-33)31-35-25-14-8-9-15-27(25)38-31/h4-19H,1-3H3. The molecule has 1 atom stereocenters. The van der Waals surface area contributed by atoms with Crippen LogP contribution in [0.2, 0.25) is 0 Å². The summed E-state index contributed by atoms with van der Waals surface area (Å²) in [5, 5.41) is 5.65. The van der Waals surface area contributed by atoms with E-state index in [2.05, 4.69) is 111 Å². The number of likely N-dealkylation sites (N-methyl/N-ethyl adjacent to an activating group) is 1. The fourth-order valence-electron chi connectivity index (χ4n) is 6.44. The van der Waals surface area contributed by atoms with Crippen molar-refractivity contribution in [2.75, 3.05) is 11.9 Å². The quantitative estimate of drug-likeness (QED) is 0.222. The maximum Gasteiger partial charge on any atom is 0.228 e. The van der Waals surface area contributed by atoms with Gasteiger partial charge in [-0.2, -0.15) is 0 Å². The molecular formula is C33H25N3OS. The predicted octanol–water partition coefficient (Wildman–Crippen LogP) is 8.49. The molecular weight excluding hydrogens is 486 g/mol. The molecule has 2 aliphatic heterocycles. The molecule has 2 aliphatic rings. The molecule has 5 heteroatoms. The van der Waals surface area contributed by atoms with E-state index in [4.69, 9.17) is 14.7 Å². The summed E-state index contributed by atoms with van der Waals surface area (Å²) in [6, 6.07) is 31.9. The van der Waals surface area contributed by atoms with Crippen LogP contribution in [0.5, 0.6) is 5.75 Å². The first kappa shape index (κ1) is 21.8. The van der Waals surface area contributed by atoms with Gasteiger partial charge in [0.1, 0.15) is 10.7 Å². The van der Waals surface area contributed by atoms with Gasteiger partial charge in [-0.1, -0.05) is 66.7 Å². The molecule has 0 amide bonds. The third-order valence-corrected chi connectivity index (χ3v) is 9.48. The number of hydrogen-bond donors (Lipinski definition) is 0. The lowest BCUT2D eigenvalue weighted by molar-refractivity contribution is 0.0838. The zero-order valence-electron chi connectivity index (χ0n) is 21.4. The lowest BCUT2D eigenvalue weighted by atomic mass is 9.75. The van der Waals surface area contributed by atoms with Crippen LogP contribution < -0.4 is 9.64 Å². The minimum absolute atomic E-state index is 0.379. The van der Waals surface area contributed by atoms with E-state index in [1.165, 1.54) is 22.0 Å². The van der Waals surface area contributed by atoms with Gasteiger partial charge in [0.05, 0.1) is 27.4 Å². The summed E-state index contributed by atoms with van der Waals surface area (Å²) in [7, 11) is 2.12. The highest BCUT2D eigenvalue weighted by Crippen LogP contribution is 2.57. The smallest absolute Gasteiger partial charge is 0.228 e. The minimum Gasteiger partial charge on any atom is -0.459 e. The Hall–Kier alpha value is -4.22. The monoisotopic (exact) mass is 511 g/mol. The number of aromatic nitrogens is 1. The Morgan fingerprint density at radius 2 is 1.55 bits per heavy atom. The van der Waals surface area contributed by atoms with Crippen molar-refractivity contribution in [3.63, 3.8) is 0 Å². The van der Waals surface area contributed by atoms with Crippen molar-refractivity contribution in [3.8, 4) is 16.3 Å². The summed E-state index contributed by atoms with van der Waals surface area (Å²) in [4.78, 5) is 12.5. The molecule has 0 radical (unpaired) electrons. The third kappa shape index (κ3) is 2.69. The molecule has 3 heterocycles. The maximum absolute atomic E-state index is 7.27. The molecule has 1 aromatic heterocycles. The van der Waals surface area contributed by atoms with Gasteiger partial charge >= 0.3 is 0 Å². The molecule has 0 saturated carbocycles. The normalized spacial score (nSPS) is 19.3. The van der Waals surface area contributed by atoms with E-state index in [-0.39, 0.29) is 5.41 Å². The number of rotatable bonds is 1. The topological polar surface area (TPSA) is 37.7 Å². The van der Waals surface area contributed by atoms with Crippen molar-refractivity contribution in [1.29, 1.82) is 0 Å². The van der Waals surface area contributed by atoms with Gasteiger partial charge in [-0.15, -0.1) is 11.3 Å². The molecule has 8 rings (SSSR count). The maximum atomic E-state index is 7.27. The Kier molecular flexibility index (Phi) is 4.26. The van der Waals surface area contributed by atoms with E-state index in [1.807, 2.05) is 12.3 Å². The fraction of sp³-hybridized carbons (Fsp3) is 0.152. The van der Waals surface area contributed by atoms with Gasteiger partial charge in [0, 0.05) is 18.1 Å². The highest BCUT2D eigenvalue weighted by molar-refractivity contribution is 7.21. The highest BCUT2D eigenvalue weighted by atomic mass is 32.1. The number of hydrogen-bond acceptors (Lipinski definition) is 5. The van der Waals surface area contributed by atoms with E-state index in [0.29, 0.717) is 0 Å². The molecule has 6 aromatic rings. The first-order valence-corrected chi connectivity index (χ1v) is 13.7. The second-order valence-corrected chi connectivity index (χ2v) is 11.8. The van der Waals surface area contributed by atoms with Gasteiger partial charge in [-0.3, -0.25) is 4.99 Å². The van der Waals surface area contributed by atoms with E-state index >= 15 is 0 Å². The number of benzene rings is 5. The van der Waals surface area contributed by atoms with Crippen molar-refractivity contribution >= 4 is 60.7 Å². The Labute approximate surface area is 224 Å². The van der Waals surface area contributed by atoms with Crippen LogP contribution in [0.25, 0.3) is 42.3 Å². The van der Waals surface area contributed by atoms with Crippen molar-refractivity contribution in [1.82, 2.24) is 4.98 Å². The van der Waals surface area contributed by atoms with Crippen LogP contribution in [0.3, 0.4) is 0 Å². The summed E-state index contributed by atoms with van der Waals surface area (Å²) in [5.41, 5.74) is 4.15. The SMILES string of the molecule is CN1c2ccc3ccccc3c2C(C)(C)C12C=Nc1c(c(-c3nc4ccccc4s3)cc3ccccc13)O2. The van der Waals surface area contributed by atoms with Gasteiger partial charge in [0.2, 0.25) is 5.72 Å². The molecule has 0 bridgehead atoms. The number of aliphatic imine (C=N–C) groups is 1. The van der Waals surface area contributed by atoms with Crippen LogP contribution in [0.4, 0.5) is 11.4 Å². The van der Waals surface area contributed by atoms with Gasteiger partial charge in [-0.25, -0.2) is 4.98 Å². The number of ether oxygens (including phenoxy) is 1. The average Bonchev–Trinajstić information content (AvgIpc) is 3.45. The minimum atomic E-state index is -0.791. The largest absolute Gasteiger partial charge is 0.459 e. The molecule has 0 N–H and O–H groups in total. The lowest BCUT2D eigenvalue weighted by Crippen LogP contribution is -2.61. The Balaban J connectivity index is 1.39. The number of fused-ring (bicyclic) bond motifs is 7. The van der Waals surface area contributed by atoms with Gasteiger partial charge in [0.15, 0.2) is 5.75 Å². The van der Waals surface area contributed by atoms with E-state index in [9.17, 15) is 0 Å². The summed E-state index contributed by atoms with van der Waals surface area (Å²) in [5.74, 6) is 0.794. The number of nitrogens with zero attached hydrogens (tertiary/aromatic N) is 3. The molecule has 1 unspecified atom stereocenters. The van der Waals surface area contributed by atoms with Crippen LogP contribution in [0.1, 0.15) is 19.4 Å². The Morgan fingerprint density at radius 3 is 2.39 bits per heavy atom. The molecule has 5 aromatic carbocycles. The molecule has 184 valence electrons. The summed E-state index contributed by atoms with van der Waals surface area (Å²) < 4.78 is 8.43. The highest BCUT2D eigenvalue weighted by Gasteiger charge is 2.59. The van der Waals surface area contributed by atoms with Crippen molar-refractivity contribution in [3.05, 3.63) is 96.6 Å². The van der Waals surface area contributed by atoms with Crippen LogP contribution in [0.15, 0.2) is 96.0 Å². The molecule has 0 saturated heterocycles. The van der Waals surface area contributed by atoms with Crippen LogP contribution in [-0.2, 0) is 5.41 Å². The number of thiazole rings is 1. The Bertz CT molecular complexity index is 1940. The molecule has 4 nitrogen and oxygen atoms in total. The van der Waals surface area contributed by atoms with Crippen molar-refractivity contribution < 1.29 is 4.74 Å². The van der Waals surface area contributed by atoms with E-state index in [1.54, 1.807) is 11.3 Å². The molecule has 0 aliphatic carbocycles. The fourth-order valence-corrected chi connectivity index (χ4v) is 7.42.